The molecule has 3 aliphatic rings. The molecule has 5 heterocycles. The van der Waals surface area contributed by atoms with E-state index in [1.54, 1.807) is 18.1 Å². The number of carbonyl (C=O) groups excluding carboxylic acids is 3. The van der Waals surface area contributed by atoms with Crippen molar-refractivity contribution in [1.82, 2.24) is 14.9 Å². The molecule has 12 heteroatoms. The predicted octanol–water partition coefficient (Wildman–Crippen LogP) is 2.10. The summed E-state index contributed by atoms with van der Waals surface area (Å²) in [5.74, 6) is 0.711. The maximum absolute atomic E-state index is 13.4. The number of ether oxygens (including phenoxy) is 3. The first-order valence-corrected chi connectivity index (χ1v) is 13.3. The van der Waals surface area contributed by atoms with Crippen LogP contribution in [0.3, 0.4) is 0 Å². The molecule has 2 fully saturated rings. The van der Waals surface area contributed by atoms with E-state index < -0.39 is 12.1 Å². The average Bonchev–Trinajstić information content (AvgIpc) is 3.57. The van der Waals surface area contributed by atoms with Gasteiger partial charge in [-0.1, -0.05) is 0 Å². The summed E-state index contributed by atoms with van der Waals surface area (Å²) < 4.78 is 16.3. The number of fused-ring (bicyclic) bond motifs is 1. The Balaban J connectivity index is 1.34. The molecule has 2 saturated heterocycles. The number of nitriles is 1. The quantitative estimate of drug-likeness (QED) is 0.490. The number of likely N-dealkylation sites (tertiary alicyclic amines) is 1. The molecule has 0 spiro atoms. The Morgan fingerprint density at radius 3 is 2.83 bits per heavy atom. The SMILES string of the molecule is CO[C@@H]1CCN(Cc2cc3c(nc2C=O)N(C(=O)Nc2cc(C[C@@H]4COC[C@H]4OC)c(C#N)cn2)CCC3)C1=O. The number of aromatic nitrogens is 2. The smallest absolute Gasteiger partial charge is 0.328 e. The number of methoxy groups -OCH3 is 2. The van der Waals surface area contributed by atoms with Crippen LogP contribution >= 0.6 is 0 Å². The van der Waals surface area contributed by atoms with Crippen molar-refractivity contribution in [2.24, 2.45) is 5.92 Å². The van der Waals surface area contributed by atoms with Gasteiger partial charge >= 0.3 is 6.03 Å². The van der Waals surface area contributed by atoms with Gasteiger partial charge in [-0.3, -0.25) is 19.8 Å². The van der Waals surface area contributed by atoms with Gasteiger partial charge < -0.3 is 19.1 Å². The predicted molar refractivity (Wildman–Crippen MR) is 143 cm³/mol. The van der Waals surface area contributed by atoms with E-state index in [0.29, 0.717) is 81.0 Å². The van der Waals surface area contributed by atoms with Gasteiger partial charge in [0.1, 0.15) is 29.5 Å². The fourth-order valence-corrected chi connectivity index (χ4v) is 5.60. The van der Waals surface area contributed by atoms with Gasteiger partial charge in [-0.25, -0.2) is 14.8 Å². The van der Waals surface area contributed by atoms with Gasteiger partial charge in [-0.2, -0.15) is 5.26 Å². The molecule has 0 unspecified atom stereocenters. The standard InChI is InChI=1S/C28H32N6O6/c1-38-23-5-7-33(27(23)36)13-19-8-17-4-3-6-34(26(17)31-22(19)14-35)28(37)32-25-10-18(21(11-29)12-30-25)9-20-15-40-16-24(20)39-2/h8,10,12,14,20,23-24H,3-7,9,13,15-16H2,1-2H3,(H,30,32,37)/t20-,23-,24-/m1/s1. The van der Waals surface area contributed by atoms with Gasteiger partial charge in [0.25, 0.3) is 5.91 Å². The number of nitrogens with one attached hydrogen (secondary N) is 1. The molecule has 5 rings (SSSR count). The number of amides is 3. The number of urea groups is 1. The molecule has 3 amide bonds. The average molecular weight is 549 g/mol. The normalized spacial score (nSPS) is 22.2. The molecular formula is C28H32N6O6. The molecule has 1 N–H and O–H groups in total. The van der Waals surface area contributed by atoms with E-state index in [-0.39, 0.29) is 30.2 Å². The zero-order chi connectivity index (χ0) is 28.2. The van der Waals surface area contributed by atoms with Crippen molar-refractivity contribution in [1.29, 1.82) is 5.26 Å². The number of anilines is 2. The van der Waals surface area contributed by atoms with Crippen molar-refractivity contribution in [2.75, 3.05) is 50.7 Å². The van der Waals surface area contributed by atoms with E-state index in [0.717, 1.165) is 11.1 Å². The molecule has 40 heavy (non-hydrogen) atoms. The molecular weight excluding hydrogens is 516 g/mol. The summed E-state index contributed by atoms with van der Waals surface area (Å²) in [5, 5.41) is 12.4. The molecule has 0 aromatic carbocycles. The van der Waals surface area contributed by atoms with Crippen LogP contribution in [0.5, 0.6) is 0 Å². The Morgan fingerprint density at radius 1 is 1.25 bits per heavy atom. The molecule has 2 aromatic heterocycles. The van der Waals surface area contributed by atoms with Crippen molar-refractivity contribution >= 4 is 29.9 Å². The van der Waals surface area contributed by atoms with E-state index in [1.807, 2.05) is 6.07 Å². The number of hydrogen-bond donors (Lipinski definition) is 1. The number of nitrogens with zero attached hydrogens (tertiary/aromatic N) is 5. The molecule has 0 saturated carbocycles. The minimum absolute atomic E-state index is 0.0597. The zero-order valence-corrected chi connectivity index (χ0v) is 22.6. The Labute approximate surface area is 232 Å². The minimum Gasteiger partial charge on any atom is -0.379 e. The topological polar surface area (TPSA) is 147 Å². The highest BCUT2D eigenvalue weighted by Gasteiger charge is 2.33. The van der Waals surface area contributed by atoms with Crippen molar-refractivity contribution < 1.29 is 28.6 Å². The fraction of sp³-hybridized carbons (Fsp3) is 0.500. The Morgan fingerprint density at radius 2 is 2.10 bits per heavy atom. The first-order chi connectivity index (χ1) is 19.4. The van der Waals surface area contributed by atoms with Gasteiger partial charge in [0, 0.05) is 58.0 Å². The molecule has 3 aliphatic heterocycles. The summed E-state index contributed by atoms with van der Waals surface area (Å²) in [6, 6.07) is 5.31. The summed E-state index contributed by atoms with van der Waals surface area (Å²) in [4.78, 5) is 49.9. The van der Waals surface area contributed by atoms with Gasteiger partial charge in [-0.15, -0.1) is 0 Å². The maximum atomic E-state index is 13.4. The molecule has 0 aliphatic carbocycles. The summed E-state index contributed by atoms with van der Waals surface area (Å²) in [6.45, 7) is 2.25. The largest absolute Gasteiger partial charge is 0.379 e. The number of hydrogen-bond acceptors (Lipinski definition) is 9. The van der Waals surface area contributed by atoms with Gasteiger partial charge in [0.05, 0.1) is 24.9 Å². The number of rotatable bonds is 8. The van der Waals surface area contributed by atoms with Crippen molar-refractivity contribution in [3.05, 3.63) is 46.3 Å². The Kier molecular flexibility index (Phi) is 8.35. The second-order valence-electron chi connectivity index (χ2n) is 10.2. The third-order valence-corrected chi connectivity index (χ3v) is 7.80. The van der Waals surface area contributed by atoms with E-state index in [1.165, 1.54) is 18.2 Å². The third kappa shape index (κ3) is 5.54. The maximum Gasteiger partial charge on any atom is 0.328 e. The minimum atomic E-state index is -0.464. The lowest BCUT2D eigenvalue weighted by Gasteiger charge is -2.29. The molecule has 3 atom stereocenters. The highest BCUT2D eigenvalue weighted by molar-refractivity contribution is 6.01. The van der Waals surface area contributed by atoms with Gasteiger partial charge in [-0.05, 0) is 42.5 Å². The second-order valence-corrected chi connectivity index (χ2v) is 10.2. The van der Waals surface area contributed by atoms with Crippen molar-refractivity contribution in [2.45, 2.75) is 44.4 Å². The van der Waals surface area contributed by atoms with E-state index >= 15 is 0 Å². The second kappa shape index (κ2) is 12.1. The number of carbonyl (C=O) groups is 3. The molecule has 0 radical (unpaired) electrons. The highest BCUT2D eigenvalue weighted by Crippen LogP contribution is 2.30. The Bertz CT molecular complexity index is 1340. The van der Waals surface area contributed by atoms with Crippen LogP contribution in [-0.4, -0.2) is 85.8 Å². The summed E-state index contributed by atoms with van der Waals surface area (Å²) >= 11 is 0. The number of pyridine rings is 2. The first kappa shape index (κ1) is 27.6. The summed E-state index contributed by atoms with van der Waals surface area (Å²) in [7, 11) is 3.15. The fourth-order valence-electron chi connectivity index (χ4n) is 5.60. The van der Waals surface area contributed by atoms with Crippen LogP contribution in [-0.2, 0) is 38.4 Å². The van der Waals surface area contributed by atoms with Crippen LogP contribution in [0.1, 0.15) is 45.6 Å². The molecule has 210 valence electrons. The Hall–Kier alpha value is -3.92. The van der Waals surface area contributed by atoms with Crippen LogP contribution in [0, 0.1) is 17.2 Å². The van der Waals surface area contributed by atoms with Gasteiger partial charge in [0.15, 0.2) is 6.29 Å². The lowest BCUT2D eigenvalue weighted by atomic mass is 9.94. The van der Waals surface area contributed by atoms with Crippen LogP contribution < -0.4 is 10.2 Å². The lowest BCUT2D eigenvalue weighted by molar-refractivity contribution is -0.136. The third-order valence-electron chi connectivity index (χ3n) is 7.80. The van der Waals surface area contributed by atoms with Crippen molar-refractivity contribution in [3.8, 4) is 6.07 Å². The molecule has 0 bridgehead atoms. The first-order valence-electron chi connectivity index (χ1n) is 13.3. The van der Waals surface area contributed by atoms with Gasteiger partial charge in [0.2, 0.25) is 0 Å². The van der Waals surface area contributed by atoms with Crippen LogP contribution in [0.4, 0.5) is 16.4 Å². The zero-order valence-electron chi connectivity index (χ0n) is 22.6. The van der Waals surface area contributed by atoms with E-state index in [2.05, 4.69) is 21.4 Å². The van der Waals surface area contributed by atoms with Crippen LogP contribution in [0.15, 0.2) is 18.3 Å². The summed E-state index contributed by atoms with van der Waals surface area (Å²) in [6.07, 6.45) is 4.14. The van der Waals surface area contributed by atoms with Crippen LogP contribution in [0.25, 0.3) is 0 Å². The van der Waals surface area contributed by atoms with E-state index in [9.17, 15) is 19.6 Å². The summed E-state index contributed by atoms with van der Waals surface area (Å²) in [5.41, 5.74) is 2.85. The van der Waals surface area contributed by atoms with E-state index in [4.69, 9.17) is 14.2 Å². The molecule has 12 nitrogen and oxygen atoms in total. The molecule has 2 aromatic rings. The number of aryl methyl sites for hydroxylation is 1. The van der Waals surface area contributed by atoms with Crippen LogP contribution in [0.2, 0.25) is 0 Å². The highest BCUT2D eigenvalue weighted by atomic mass is 16.5. The lowest BCUT2D eigenvalue weighted by Crippen LogP contribution is -2.40. The monoisotopic (exact) mass is 548 g/mol. The van der Waals surface area contributed by atoms with Crippen molar-refractivity contribution in [3.63, 3.8) is 0 Å². The number of aldehydes is 1.